The predicted octanol–water partition coefficient (Wildman–Crippen LogP) is 4.05. The Morgan fingerprint density at radius 2 is 1.91 bits per heavy atom. The summed E-state index contributed by atoms with van der Waals surface area (Å²) >= 11 is 1.75. The van der Waals surface area contributed by atoms with Crippen molar-refractivity contribution < 1.29 is 14.6 Å². The molecule has 0 unspecified atom stereocenters. The van der Waals surface area contributed by atoms with Crippen molar-refractivity contribution in [3.63, 3.8) is 0 Å². The van der Waals surface area contributed by atoms with Crippen LogP contribution in [0.3, 0.4) is 0 Å². The van der Waals surface area contributed by atoms with Crippen molar-refractivity contribution in [1.82, 2.24) is 15.2 Å². The zero-order valence-electron chi connectivity index (χ0n) is 18.5. The largest absolute Gasteiger partial charge is 0.490 e. The number of aromatic nitrogens is 1. The lowest BCUT2D eigenvalue weighted by Crippen LogP contribution is -2.44. The predicted molar refractivity (Wildman–Crippen MR) is 126 cm³/mol. The number of carboxylic acid groups (broad SMARTS) is 1. The second-order valence-electron chi connectivity index (χ2n) is 8.02. The molecule has 0 radical (unpaired) electrons. The molecule has 2 aromatic rings. The maximum Gasteiger partial charge on any atom is 0.405 e. The van der Waals surface area contributed by atoms with E-state index in [4.69, 9.17) is 20.1 Å². The Kier molecular flexibility index (Phi) is 9.13. The minimum absolute atomic E-state index is 0.144. The van der Waals surface area contributed by atoms with E-state index in [1.54, 1.807) is 17.4 Å². The maximum atomic E-state index is 9.50. The van der Waals surface area contributed by atoms with E-state index in [-0.39, 0.29) is 6.54 Å². The number of piperazine rings is 1. The summed E-state index contributed by atoms with van der Waals surface area (Å²) in [5.41, 5.74) is 2.25. The van der Waals surface area contributed by atoms with E-state index in [0.717, 1.165) is 42.8 Å². The highest BCUT2D eigenvalue weighted by Gasteiger charge is 2.18. The van der Waals surface area contributed by atoms with E-state index in [1.165, 1.54) is 37.7 Å². The normalized spacial score (nSPS) is 17.1. The molecule has 0 spiro atoms. The van der Waals surface area contributed by atoms with Crippen molar-refractivity contribution in [2.45, 2.75) is 38.2 Å². The molecule has 2 aliphatic rings. The molecule has 32 heavy (non-hydrogen) atoms. The van der Waals surface area contributed by atoms with Gasteiger partial charge in [0.05, 0.1) is 17.9 Å². The van der Waals surface area contributed by atoms with Gasteiger partial charge in [0.1, 0.15) is 12.3 Å². The number of hydrogen-bond acceptors (Lipinski definition) is 7. The number of anilines is 1. The second kappa shape index (κ2) is 12.3. The van der Waals surface area contributed by atoms with E-state index < -0.39 is 6.09 Å². The Labute approximate surface area is 193 Å². The minimum atomic E-state index is -1.17. The Morgan fingerprint density at radius 3 is 2.50 bits per heavy atom. The van der Waals surface area contributed by atoms with Gasteiger partial charge in [-0.2, -0.15) is 5.26 Å². The average Bonchev–Trinajstić information content (AvgIpc) is 3.30. The molecule has 4 rings (SSSR count). The van der Waals surface area contributed by atoms with Crippen LogP contribution in [0.15, 0.2) is 29.6 Å². The van der Waals surface area contributed by atoms with Gasteiger partial charge in [0.2, 0.25) is 0 Å². The molecule has 8 nitrogen and oxygen atoms in total. The third kappa shape index (κ3) is 7.39. The van der Waals surface area contributed by atoms with Gasteiger partial charge in [0.25, 0.3) is 0 Å². The summed E-state index contributed by atoms with van der Waals surface area (Å²) in [6.45, 7) is 4.22. The lowest BCUT2D eigenvalue weighted by Gasteiger charge is -2.32. The van der Waals surface area contributed by atoms with Gasteiger partial charge < -0.3 is 25.0 Å². The number of rotatable bonds is 5. The number of nitrogens with zero attached hydrogens (tertiary/aromatic N) is 4. The molecular weight excluding hydrogens is 426 g/mol. The van der Waals surface area contributed by atoms with E-state index in [2.05, 4.69) is 46.5 Å². The van der Waals surface area contributed by atoms with Gasteiger partial charge in [0, 0.05) is 37.1 Å². The Morgan fingerprint density at radius 1 is 1.22 bits per heavy atom. The maximum absolute atomic E-state index is 9.50. The first-order valence-corrected chi connectivity index (χ1v) is 11.9. The Bertz CT molecular complexity index is 882. The highest BCUT2D eigenvalue weighted by Crippen LogP contribution is 2.30. The molecule has 2 N–H and O–H groups in total. The van der Waals surface area contributed by atoms with Crippen LogP contribution in [-0.4, -0.2) is 67.0 Å². The second-order valence-corrected chi connectivity index (χ2v) is 8.86. The van der Waals surface area contributed by atoms with Crippen LogP contribution in [0.25, 0.3) is 11.3 Å². The molecule has 1 aliphatic carbocycles. The molecule has 2 heterocycles. The van der Waals surface area contributed by atoms with Crippen LogP contribution in [-0.2, 0) is 0 Å². The van der Waals surface area contributed by atoms with Gasteiger partial charge in [-0.15, -0.1) is 11.3 Å². The molecule has 9 heteroatoms. The van der Waals surface area contributed by atoms with Crippen LogP contribution in [0, 0.1) is 11.3 Å². The van der Waals surface area contributed by atoms with Gasteiger partial charge in [-0.3, -0.25) is 0 Å². The molecule has 0 bridgehead atoms. The van der Waals surface area contributed by atoms with Gasteiger partial charge >= 0.3 is 6.09 Å². The third-order valence-corrected chi connectivity index (χ3v) is 6.49. The summed E-state index contributed by atoms with van der Waals surface area (Å²) in [4.78, 5) is 19.1. The zero-order chi connectivity index (χ0) is 22.8. The summed E-state index contributed by atoms with van der Waals surface area (Å²) < 4.78 is 6.13. The molecule has 1 aromatic carbocycles. The quantitative estimate of drug-likeness (QED) is 0.653. The van der Waals surface area contributed by atoms with Crippen LogP contribution in [0.1, 0.15) is 32.1 Å². The van der Waals surface area contributed by atoms with Crippen molar-refractivity contribution >= 4 is 22.6 Å². The topological polar surface area (TPSA) is 102 Å². The van der Waals surface area contributed by atoms with E-state index in [1.807, 2.05) is 5.32 Å². The first-order valence-electron chi connectivity index (χ1n) is 11.0. The monoisotopic (exact) mass is 457 g/mol. The lowest BCUT2D eigenvalue weighted by atomic mass is 9.98. The summed E-state index contributed by atoms with van der Waals surface area (Å²) in [6, 6.07) is 10.1. The lowest BCUT2D eigenvalue weighted by molar-refractivity contribution is 0.155. The summed E-state index contributed by atoms with van der Waals surface area (Å²) in [7, 11) is 2.18. The van der Waals surface area contributed by atoms with Crippen molar-refractivity contribution in [3.8, 4) is 23.1 Å². The van der Waals surface area contributed by atoms with Gasteiger partial charge in [-0.05, 0) is 57.0 Å². The van der Waals surface area contributed by atoms with Gasteiger partial charge in [-0.25, -0.2) is 9.78 Å². The average molecular weight is 458 g/mol. The fraction of sp³-hybridized carbons (Fsp3) is 0.522. The molecule has 1 aliphatic heterocycles. The summed E-state index contributed by atoms with van der Waals surface area (Å²) in [6.07, 6.45) is 5.60. The molecule has 0 atom stereocenters. The third-order valence-electron chi connectivity index (χ3n) is 5.59. The number of nitriles is 1. The number of nitrogens with one attached hydrogen (secondary N) is 1. The van der Waals surface area contributed by atoms with E-state index in [9.17, 15) is 4.79 Å². The summed E-state index contributed by atoms with van der Waals surface area (Å²) in [5, 5.41) is 20.7. The standard InChI is InChI=1S/C20H27N3OS.C3H4N2O2/c1-22-11-13-23(14-12-22)20-21-19(15-25-20)16-7-9-18(10-8-16)24-17-5-3-2-4-6-17;4-1-2-5-3(6)7/h7-10,15,17H,2-6,11-14H2,1H3;5H,2H2,(H,6,7). The highest BCUT2D eigenvalue weighted by atomic mass is 32.1. The number of carbonyl (C=O) groups is 1. The number of hydrogen-bond donors (Lipinski definition) is 2. The van der Waals surface area contributed by atoms with Crippen molar-refractivity contribution in [2.75, 3.05) is 44.7 Å². The summed E-state index contributed by atoms with van der Waals surface area (Å²) in [5.74, 6) is 0.991. The molecule has 1 amide bonds. The van der Waals surface area contributed by atoms with Crippen molar-refractivity contribution in [1.29, 1.82) is 5.26 Å². The molecular formula is C23H31N5O3S. The van der Waals surface area contributed by atoms with Gasteiger partial charge in [0.15, 0.2) is 5.13 Å². The molecule has 1 aromatic heterocycles. The first kappa shape index (κ1) is 23.8. The van der Waals surface area contributed by atoms with Crippen molar-refractivity contribution in [3.05, 3.63) is 29.6 Å². The van der Waals surface area contributed by atoms with E-state index >= 15 is 0 Å². The smallest absolute Gasteiger partial charge is 0.405 e. The number of likely N-dealkylation sites (N-methyl/N-ethyl adjacent to an activating group) is 1. The number of benzene rings is 1. The molecule has 2 fully saturated rings. The van der Waals surface area contributed by atoms with Crippen molar-refractivity contribution in [2.24, 2.45) is 0 Å². The highest BCUT2D eigenvalue weighted by molar-refractivity contribution is 7.14. The number of ether oxygens (including phenoxy) is 1. The van der Waals surface area contributed by atoms with Crippen LogP contribution in [0.4, 0.5) is 9.93 Å². The minimum Gasteiger partial charge on any atom is -0.490 e. The number of thiazole rings is 1. The fourth-order valence-corrected chi connectivity index (χ4v) is 4.62. The van der Waals surface area contributed by atoms with E-state index in [0.29, 0.717) is 6.10 Å². The van der Waals surface area contributed by atoms with Crippen LogP contribution in [0.2, 0.25) is 0 Å². The first-order chi connectivity index (χ1) is 15.5. The molecule has 1 saturated heterocycles. The van der Waals surface area contributed by atoms with Crippen LogP contribution < -0.4 is 15.0 Å². The SMILES string of the molecule is CN1CCN(c2nc(-c3ccc(OC4CCCCC4)cc3)cs2)CC1.N#CCNC(=O)O. The molecule has 172 valence electrons. The zero-order valence-corrected chi connectivity index (χ0v) is 19.3. The van der Waals surface area contributed by atoms with Crippen LogP contribution >= 0.6 is 11.3 Å². The Hall–Kier alpha value is -2.83. The fourth-order valence-electron chi connectivity index (χ4n) is 3.73. The van der Waals surface area contributed by atoms with Crippen LogP contribution in [0.5, 0.6) is 5.75 Å². The molecule has 1 saturated carbocycles. The number of amides is 1. The van der Waals surface area contributed by atoms with Gasteiger partial charge in [-0.1, -0.05) is 6.42 Å². The Balaban J connectivity index is 0.000000360.